The second-order valence-corrected chi connectivity index (χ2v) is 2.65. The standard InChI is InChI=1S/C7H13N3/c1-5(6(2)8)7-3-9-4-10-7/h3-6H,8H2,1-2H3,(H,9,10)/t5-,6-/m0/s1. The number of hydrogen-bond acceptors (Lipinski definition) is 2. The van der Waals surface area contributed by atoms with Crippen LogP contribution < -0.4 is 5.73 Å². The van der Waals surface area contributed by atoms with Gasteiger partial charge in [0.25, 0.3) is 0 Å². The zero-order valence-corrected chi connectivity index (χ0v) is 6.33. The zero-order valence-electron chi connectivity index (χ0n) is 6.33. The van der Waals surface area contributed by atoms with Crippen LogP contribution in [-0.4, -0.2) is 16.0 Å². The van der Waals surface area contributed by atoms with Crippen LogP contribution in [-0.2, 0) is 0 Å². The van der Waals surface area contributed by atoms with E-state index in [9.17, 15) is 0 Å². The number of H-pyrrole nitrogens is 1. The summed E-state index contributed by atoms with van der Waals surface area (Å²) < 4.78 is 0. The van der Waals surface area contributed by atoms with Gasteiger partial charge in [-0.1, -0.05) is 6.92 Å². The topological polar surface area (TPSA) is 54.7 Å². The number of nitrogens with zero attached hydrogens (tertiary/aromatic N) is 1. The molecule has 0 aliphatic rings. The van der Waals surface area contributed by atoms with Crippen LogP contribution in [0.1, 0.15) is 25.5 Å². The van der Waals surface area contributed by atoms with E-state index in [4.69, 9.17) is 5.73 Å². The second kappa shape index (κ2) is 2.84. The van der Waals surface area contributed by atoms with Crippen LogP contribution in [0.4, 0.5) is 0 Å². The van der Waals surface area contributed by atoms with Gasteiger partial charge in [-0.15, -0.1) is 0 Å². The van der Waals surface area contributed by atoms with Gasteiger partial charge < -0.3 is 10.7 Å². The number of aromatic nitrogens is 2. The molecule has 0 bridgehead atoms. The van der Waals surface area contributed by atoms with Crippen molar-refractivity contribution < 1.29 is 0 Å². The van der Waals surface area contributed by atoms with E-state index >= 15 is 0 Å². The molecule has 0 radical (unpaired) electrons. The lowest BCUT2D eigenvalue weighted by Gasteiger charge is -2.12. The minimum Gasteiger partial charge on any atom is -0.348 e. The lowest BCUT2D eigenvalue weighted by molar-refractivity contribution is 0.601. The number of imidazole rings is 1. The maximum atomic E-state index is 5.68. The Balaban J connectivity index is 2.68. The van der Waals surface area contributed by atoms with Gasteiger partial charge in [0.1, 0.15) is 0 Å². The highest BCUT2D eigenvalue weighted by Crippen LogP contribution is 2.13. The molecule has 1 aromatic rings. The average molecular weight is 139 g/mol. The lowest BCUT2D eigenvalue weighted by atomic mass is 10.0. The van der Waals surface area contributed by atoms with Crippen molar-refractivity contribution in [2.24, 2.45) is 5.73 Å². The van der Waals surface area contributed by atoms with E-state index in [-0.39, 0.29) is 6.04 Å². The van der Waals surface area contributed by atoms with Crippen molar-refractivity contribution >= 4 is 0 Å². The first-order valence-corrected chi connectivity index (χ1v) is 3.45. The Morgan fingerprint density at radius 3 is 2.70 bits per heavy atom. The fourth-order valence-electron chi connectivity index (χ4n) is 0.799. The van der Waals surface area contributed by atoms with Gasteiger partial charge in [-0.3, -0.25) is 0 Å². The first-order valence-electron chi connectivity index (χ1n) is 3.45. The molecule has 3 nitrogen and oxygen atoms in total. The summed E-state index contributed by atoms with van der Waals surface area (Å²) in [5.74, 6) is 0.363. The molecule has 0 aromatic carbocycles. The number of nitrogens with two attached hydrogens (primary N) is 1. The zero-order chi connectivity index (χ0) is 7.56. The molecule has 56 valence electrons. The number of rotatable bonds is 2. The summed E-state index contributed by atoms with van der Waals surface area (Å²) in [4.78, 5) is 6.94. The molecule has 0 fully saturated rings. The Hall–Kier alpha value is -0.830. The summed E-state index contributed by atoms with van der Waals surface area (Å²) >= 11 is 0. The fourth-order valence-corrected chi connectivity index (χ4v) is 0.799. The molecule has 0 aliphatic carbocycles. The highest BCUT2D eigenvalue weighted by atomic mass is 14.9. The summed E-state index contributed by atoms with van der Waals surface area (Å²) in [5.41, 5.74) is 6.79. The predicted molar refractivity (Wildman–Crippen MR) is 40.7 cm³/mol. The Labute approximate surface area is 60.7 Å². The smallest absolute Gasteiger partial charge is 0.0921 e. The van der Waals surface area contributed by atoms with Crippen LogP contribution in [0.3, 0.4) is 0 Å². The Kier molecular flexibility index (Phi) is 2.06. The van der Waals surface area contributed by atoms with Crippen LogP contribution in [0.25, 0.3) is 0 Å². The van der Waals surface area contributed by atoms with Crippen LogP contribution >= 0.6 is 0 Å². The van der Waals surface area contributed by atoms with Gasteiger partial charge in [-0.2, -0.15) is 0 Å². The van der Waals surface area contributed by atoms with Crippen LogP contribution in [0, 0.1) is 0 Å². The van der Waals surface area contributed by atoms with E-state index in [1.807, 2.05) is 13.1 Å². The first kappa shape index (κ1) is 7.28. The largest absolute Gasteiger partial charge is 0.348 e. The number of aromatic amines is 1. The monoisotopic (exact) mass is 139 g/mol. The van der Waals surface area contributed by atoms with Gasteiger partial charge in [0.15, 0.2) is 0 Å². The van der Waals surface area contributed by atoms with Gasteiger partial charge >= 0.3 is 0 Å². The maximum absolute atomic E-state index is 5.68. The number of nitrogens with one attached hydrogen (secondary N) is 1. The van der Waals surface area contributed by atoms with E-state index in [0.717, 1.165) is 5.69 Å². The SMILES string of the molecule is C[C@H](N)[C@H](C)c1cnc[nH]1. The van der Waals surface area contributed by atoms with Crippen LogP contribution in [0.15, 0.2) is 12.5 Å². The second-order valence-electron chi connectivity index (χ2n) is 2.65. The molecule has 2 atom stereocenters. The van der Waals surface area contributed by atoms with Crippen molar-refractivity contribution in [2.75, 3.05) is 0 Å². The fraction of sp³-hybridized carbons (Fsp3) is 0.571. The Bertz CT molecular complexity index is 179. The third-order valence-corrected chi connectivity index (χ3v) is 1.80. The van der Waals surface area contributed by atoms with Gasteiger partial charge in [0.2, 0.25) is 0 Å². The van der Waals surface area contributed by atoms with E-state index in [1.165, 1.54) is 0 Å². The molecule has 0 spiro atoms. The van der Waals surface area contributed by atoms with Crippen molar-refractivity contribution in [3.63, 3.8) is 0 Å². The third-order valence-electron chi connectivity index (χ3n) is 1.80. The maximum Gasteiger partial charge on any atom is 0.0921 e. The first-order chi connectivity index (χ1) is 4.72. The minimum absolute atomic E-state index is 0.181. The average Bonchev–Trinajstić information content (AvgIpc) is 2.36. The molecule has 10 heavy (non-hydrogen) atoms. The van der Waals surface area contributed by atoms with E-state index < -0.39 is 0 Å². The highest BCUT2D eigenvalue weighted by molar-refractivity contribution is 5.04. The van der Waals surface area contributed by atoms with E-state index in [0.29, 0.717) is 5.92 Å². The Morgan fingerprint density at radius 2 is 2.30 bits per heavy atom. The summed E-state index contributed by atoms with van der Waals surface area (Å²) in [6.45, 7) is 4.07. The molecule has 3 heteroatoms. The van der Waals surface area contributed by atoms with E-state index in [2.05, 4.69) is 16.9 Å². The molecule has 0 amide bonds. The summed E-state index contributed by atoms with van der Waals surface area (Å²) in [6, 6.07) is 0.181. The van der Waals surface area contributed by atoms with Crippen LogP contribution in [0.2, 0.25) is 0 Å². The molecule has 0 saturated carbocycles. The van der Waals surface area contributed by atoms with Crippen molar-refractivity contribution in [1.29, 1.82) is 0 Å². The molecule has 0 saturated heterocycles. The molecule has 1 rings (SSSR count). The minimum atomic E-state index is 0.181. The quantitative estimate of drug-likeness (QED) is 0.638. The Morgan fingerprint density at radius 1 is 1.60 bits per heavy atom. The van der Waals surface area contributed by atoms with Gasteiger partial charge in [0, 0.05) is 23.9 Å². The van der Waals surface area contributed by atoms with Crippen molar-refractivity contribution in [2.45, 2.75) is 25.8 Å². The van der Waals surface area contributed by atoms with Crippen molar-refractivity contribution in [1.82, 2.24) is 9.97 Å². The highest BCUT2D eigenvalue weighted by Gasteiger charge is 2.10. The molecule has 3 N–H and O–H groups in total. The molecule has 0 aliphatic heterocycles. The normalized spacial score (nSPS) is 16.7. The number of hydrogen-bond donors (Lipinski definition) is 2. The summed E-state index contributed by atoms with van der Waals surface area (Å²) in [5, 5.41) is 0. The third kappa shape index (κ3) is 1.36. The summed E-state index contributed by atoms with van der Waals surface area (Å²) in [6.07, 6.45) is 3.49. The van der Waals surface area contributed by atoms with Gasteiger partial charge in [0.05, 0.1) is 6.33 Å². The summed E-state index contributed by atoms with van der Waals surface area (Å²) in [7, 11) is 0. The van der Waals surface area contributed by atoms with Crippen LogP contribution in [0.5, 0.6) is 0 Å². The molecular formula is C7H13N3. The van der Waals surface area contributed by atoms with E-state index in [1.54, 1.807) is 6.33 Å². The predicted octanol–water partition coefficient (Wildman–Crippen LogP) is 0.860. The van der Waals surface area contributed by atoms with Crippen molar-refractivity contribution in [3.8, 4) is 0 Å². The molecule has 0 unspecified atom stereocenters. The van der Waals surface area contributed by atoms with Gasteiger partial charge in [-0.05, 0) is 6.92 Å². The molecule has 1 heterocycles. The molecular weight excluding hydrogens is 126 g/mol. The molecule has 1 aromatic heterocycles. The van der Waals surface area contributed by atoms with Crippen molar-refractivity contribution in [3.05, 3.63) is 18.2 Å². The van der Waals surface area contributed by atoms with Gasteiger partial charge in [-0.25, -0.2) is 4.98 Å². The lowest BCUT2D eigenvalue weighted by Crippen LogP contribution is -2.22.